The number of carboxylic acids is 1. The molecule has 84 valence electrons. The van der Waals surface area contributed by atoms with E-state index in [1.54, 1.807) is 6.07 Å². The first-order chi connectivity index (χ1) is 7.16. The maximum atomic E-state index is 10.8. The highest BCUT2D eigenvalue weighted by molar-refractivity contribution is 5.90. The van der Waals surface area contributed by atoms with Gasteiger partial charge in [-0.3, -0.25) is 0 Å². The monoisotopic (exact) mass is 241 g/mol. The van der Waals surface area contributed by atoms with Crippen LogP contribution in [0, 0.1) is 0 Å². The third-order valence-electron chi connectivity index (χ3n) is 1.81. The number of nitrogens with one attached hydrogen (secondary N) is 1. The number of halogens is 1. The number of H-pyrrole nitrogens is 1. The lowest BCUT2D eigenvalue weighted by atomic mass is 10.1. The van der Waals surface area contributed by atoms with Crippen LogP contribution in [0.2, 0.25) is 0 Å². The molecule has 0 fully saturated rings. The normalized spacial score (nSPS) is 9.50. The van der Waals surface area contributed by atoms with Crippen molar-refractivity contribution in [3.8, 4) is 11.4 Å². The molecule has 0 aliphatic heterocycles. The van der Waals surface area contributed by atoms with Crippen LogP contribution in [0.1, 0.15) is 10.4 Å². The Balaban J connectivity index is 0.00000128. The fourth-order valence-electron chi connectivity index (χ4n) is 1.19. The summed E-state index contributed by atoms with van der Waals surface area (Å²) in [4.78, 5) is 10.8. The predicted octanol–water partition coefficient (Wildman–Crippen LogP) is 0.569. The molecule has 0 aliphatic carbocycles. The molecule has 0 atom stereocenters. The van der Waals surface area contributed by atoms with E-state index in [-0.39, 0.29) is 18.0 Å². The van der Waals surface area contributed by atoms with Gasteiger partial charge >= 0.3 is 5.97 Å². The predicted molar refractivity (Wildman–Crippen MR) is 58.2 cm³/mol. The van der Waals surface area contributed by atoms with E-state index in [0.29, 0.717) is 17.1 Å². The summed E-state index contributed by atoms with van der Waals surface area (Å²) in [5.74, 6) is -0.739. The fraction of sp³-hybridized carbons (Fsp3) is 0. The fourth-order valence-corrected chi connectivity index (χ4v) is 1.19. The minimum Gasteiger partial charge on any atom is -0.478 e. The van der Waals surface area contributed by atoms with E-state index in [2.05, 4.69) is 20.6 Å². The first kappa shape index (κ1) is 11.9. The van der Waals surface area contributed by atoms with E-state index >= 15 is 0 Å². The Morgan fingerprint density at radius 1 is 1.38 bits per heavy atom. The van der Waals surface area contributed by atoms with Crippen molar-refractivity contribution in [3.05, 3.63) is 23.8 Å². The molecule has 2 rings (SSSR count). The SMILES string of the molecule is Cl.Nc1cc(C(=O)O)cc(-c2nn[nH]n2)c1. The number of nitrogen functional groups attached to an aromatic ring is 1. The zero-order valence-corrected chi connectivity index (χ0v) is 8.73. The van der Waals surface area contributed by atoms with Crippen molar-refractivity contribution in [1.82, 2.24) is 20.6 Å². The van der Waals surface area contributed by atoms with Crippen LogP contribution in [0.15, 0.2) is 18.2 Å². The maximum absolute atomic E-state index is 10.8. The van der Waals surface area contributed by atoms with Crippen molar-refractivity contribution >= 4 is 24.1 Å². The third kappa shape index (κ3) is 2.26. The van der Waals surface area contributed by atoms with Gasteiger partial charge in [-0.25, -0.2) is 4.79 Å². The van der Waals surface area contributed by atoms with Gasteiger partial charge in [-0.2, -0.15) is 5.21 Å². The Morgan fingerprint density at radius 3 is 2.69 bits per heavy atom. The van der Waals surface area contributed by atoms with Gasteiger partial charge in [0, 0.05) is 11.3 Å². The number of benzene rings is 1. The minimum absolute atomic E-state index is 0. The smallest absolute Gasteiger partial charge is 0.335 e. The number of tetrazole rings is 1. The largest absolute Gasteiger partial charge is 0.478 e. The van der Waals surface area contributed by atoms with Gasteiger partial charge in [-0.1, -0.05) is 0 Å². The summed E-state index contributed by atoms with van der Waals surface area (Å²) in [7, 11) is 0. The summed E-state index contributed by atoms with van der Waals surface area (Å²) in [5, 5.41) is 21.9. The van der Waals surface area contributed by atoms with Crippen LogP contribution in [0.3, 0.4) is 0 Å². The summed E-state index contributed by atoms with van der Waals surface area (Å²) >= 11 is 0. The molecule has 8 heteroatoms. The molecule has 1 aromatic carbocycles. The molecule has 0 saturated heterocycles. The van der Waals surface area contributed by atoms with Crippen molar-refractivity contribution in [2.24, 2.45) is 0 Å². The van der Waals surface area contributed by atoms with E-state index < -0.39 is 5.97 Å². The molecule has 7 nitrogen and oxygen atoms in total. The van der Waals surface area contributed by atoms with Crippen LogP contribution in [-0.4, -0.2) is 31.7 Å². The summed E-state index contributed by atoms with van der Waals surface area (Å²) in [6.45, 7) is 0. The van der Waals surface area contributed by atoms with E-state index in [9.17, 15) is 4.79 Å². The van der Waals surface area contributed by atoms with E-state index in [4.69, 9.17) is 10.8 Å². The van der Waals surface area contributed by atoms with Gasteiger partial charge < -0.3 is 10.8 Å². The van der Waals surface area contributed by atoms with Gasteiger partial charge in [0.1, 0.15) is 0 Å². The van der Waals surface area contributed by atoms with Gasteiger partial charge in [-0.05, 0) is 23.4 Å². The molecule has 1 aromatic heterocycles. The Labute approximate surface area is 96.1 Å². The number of anilines is 1. The molecular formula is C8H8ClN5O2. The number of hydrogen-bond donors (Lipinski definition) is 3. The Bertz CT molecular complexity index is 499. The van der Waals surface area contributed by atoms with E-state index in [1.165, 1.54) is 12.1 Å². The highest BCUT2D eigenvalue weighted by atomic mass is 35.5. The molecular weight excluding hydrogens is 234 g/mol. The van der Waals surface area contributed by atoms with E-state index in [1.807, 2.05) is 0 Å². The Hall–Kier alpha value is -2.15. The van der Waals surface area contributed by atoms with Gasteiger partial charge in [0.2, 0.25) is 5.82 Å². The molecule has 16 heavy (non-hydrogen) atoms. The quantitative estimate of drug-likeness (QED) is 0.662. The zero-order chi connectivity index (χ0) is 10.8. The van der Waals surface area contributed by atoms with Crippen LogP contribution >= 0.6 is 12.4 Å². The topological polar surface area (TPSA) is 118 Å². The van der Waals surface area contributed by atoms with Crippen molar-refractivity contribution in [2.75, 3.05) is 5.73 Å². The van der Waals surface area contributed by atoms with Crippen LogP contribution < -0.4 is 5.73 Å². The Morgan fingerprint density at radius 2 is 2.12 bits per heavy atom. The summed E-state index contributed by atoms with van der Waals surface area (Å²) in [6.07, 6.45) is 0. The van der Waals surface area contributed by atoms with Crippen molar-refractivity contribution in [1.29, 1.82) is 0 Å². The number of rotatable bonds is 2. The molecule has 1 heterocycles. The van der Waals surface area contributed by atoms with Crippen LogP contribution in [-0.2, 0) is 0 Å². The number of carbonyl (C=O) groups is 1. The molecule has 4 N–H and O–H groups in total. The van der Waals surface area contributed by atoms with E-state index in [0.717, 1.165) is 0 Å². The number of aromatic carboxylic acids is 1. The van der Waals surface area contributed by atoms with Crippen molar-refractivity contribution in [3.63, 3.8) is 0 Å². The molecule has 0 unspecified atom stereocenters. The highest BCUT2D eigenvalue weighted by Crippen LogP contribution is 2.19. The second-order valence-corrected chi connectivity index (χ2v) is 2.88. The second-order valence-electron chi connectivity index (χ2n) is 2.88. The summed E-state index contributed by atoms with van der Waals surface area (Å²) in [5.41, 5.74) is 6.50. The van der Waals surface area contributed by atoms with Gasteiger partial charge in [0.15, 0.2) is 0 Å². The molecule has 0 aliphatic rings. The minimum atomic E-state index is -1.05. The molecule has 0 amide bonds. The molecule has 0 bridgehead atoms. The van der Waals surface area contributed by atoms with Gasteiger partial charge in [0.05, 0.1) is 5.56 Å². The number of hydrogen-bond acceptors (Lipinski definition) is 5. The molecule has 0 saturated carbocycles. The average molecular weight is 242 g/mol. The standard InChI is InChI=1S/C8H7N5O2.ClH/c9-6-2-4(7-10-12-13-11-7)1-5(3-6)8(14)15;/h1-3H,9H2,(H,14,15)(H,10,11,12,13);1H. The first-order valence-electron chi connectivity index (χ1n) is 4.04. The molecule has 0 radical (unpaired) electrons. The molecule has 0 spiro atoms. The lowest BCUT2D eigenvalue weighted by molar-refractivity contribution is 0.0697. The molecule has 2 aromatic rings. The Kier molecular flexibility index (Phi) is 3.41. The number of aromatic amines is 1. The van der Waals surface area contributed by atoms with Crippen LogP contribution in [0.4, 0.5) is 5.69 Å². The van der Waals surface area contributed by atoms with Crippen LogP contribution in [0.25, 0.3) is 11.4 Å². The third-order valence-corrected chi connectivity index (χ3v) is 1.81. The average Bonchev–Trinajstić information content (AvgIpc) is 2.69. The lowest BCUT2D eigenvalue weighted by Gasteiger charge is -2.00. The van der Waals surface area contributed by atoms with Crippen LogP contribution in [0.5, 0.6) is 0 Å². The number of nitrogens with two attached hydrogens (primary N) is 1. The maximum Gasteiger partial charge on any atom is 0.335 e. The number of nitrogens with zero attached hydrogens (tertiary/aromatic N) is 3. The summed E-state index contributed by atoms with van der Waals surface area (Å²) in [6, 6.07) is 4.38. The van der Waals surface area contributed by atoms with Gasteiger partial charge in [-0.15, -0.1) is 22.6 Å². The second kappa shape index (κ2) is 4.58. The zero-order valence-electron chi connectivity index (χ0n) is 7.91. The number of carboxylic acid groups (broad SMARTS) is 1. The van der Waals surface area contributed by atoms with Crippen molar-refractivity contribution < 1.29 is 9.90 Å². The highest BCUT2D eigenvalue weighted by Gasteiger charge is 2.09. The number of aromatic nitrogens is 4. The van der Waals surface area contributed by atoms with Gasteiger partial charge in [0.25, 0.3) is 0 Å². The van der Waals surface area contributed by atoms with Crippen molar-refractivity contribution in [2.45, 2.75) is 0 Å². The lowest BCUT2D eigenvalue weighted by Crippen LogP contribution is -1.99. The summed E-state index contributed by atoms with van der Waals surface area (Å²) < 4.78 is 0. The first-order valence-corrected chi connectivity index (χ1v) is 4.04.